The zero-order valence-corrected chi connectivity index (χ0v) is 19.8. The van der Waals surface area contributed by atoms with Crippen LogP contribution in [0.25, 0.3) is 0 Å². The molecule has 1 N–H and O–H groups in total. The Morgan fingerprint density at radius 3 is 2.33 bits per heavy atom. The summed E-state index contributed by atoms with van der Waals surface area (Å²) in [6.07, 6.45) is 1.95. The highest BCUT2D eigenvalue weighted by Crippen LogP contribution is 2.26. The molecular formula is C24H29N3O5S. The standard InChI is InChI=1S/C24H29N3O5S/c1-17-8-9-19(16-21(17)33(30,31)27-12-14-32-15-13-27)23(28)25-22-18(2)6-5-7-20(22)24(29)26-10-3-4-11-26/h5-9,16H,3-4,10-15H2,1-2H3,(H,25,28). The van der Waals surface area contributed by atoms with Gasteiger partial charge in [-0.3, -0.25) is 9.59 Å². The molecule has 0 aliphatic carbocycles. The first-order valence-corrected chi connectivity index (χ1v) is 12.6. The number of para-hydroxylation sites is 1. The first kappa shape index (κ1) is 23.4. The van der Waals surface area contributed by atoms with Crippen LogP contribution in [0.2, 0.25) is 0 Å². The number of carbonyl (C=O) groups is 2. The molecule has 2 aliphatic rings. The van der Waals surface area contributed by atoms with Crippen LogP contribution in [0.3, 0.4) is 0 Å². The smallest absolute Gasteiger partial charge is 0.255 e. The van der Waals surface area contributed by atoms with E-state index in [2.05, 4.69) is 5.32 Å². The van der Waals surface area contributed by atoms with Gasteiger partial charge >= 0.3 is 0 Å². The number of ether oxygens (including phenoxy) is 1. The SMILES string of the molecule is Cc1ccc(C(=O)Nc2c(C)cccc2C(=O)N2CCCC2)cc1S(=O)(=O)N1CCOCC1. The molecule has 4 rings (SSSR count). The number of aryl methyl sites for hydroxylation is 2. The molecule has 2 aromatic rings. The van der Waals surface area contributed by atoms with Crippen LogP contribution in [0.5, 0.6) is 0 Å². The lowest BCUT2D eigenvalue weighted by Crippen LogP contribution is -2.40. The molecule has 176 valence electrons. The third-order valence-electron chi connectivity index (χ3n) is 6.17. The molecule has 2 saturated heterocycles. The summed E-state index contributed by atoms with van der Waals surface area (Å²) in [5, 5.41) is 2.86. The van der Waals surface area contributed by atoms with Gasteiger partial charge in [-0.2, -0.15) is 4.31 Å². The second-order valence-electron chi connectivity index (χ2n) is 8.45. The maximum atomic E-state index is 13.2. The van der Waals surface area contributed by atoms with Crippen molar-refractivity contribution in [3.8, 4) is 0 Å². The summed E-state index contributed by atoms with van der Waals surface area (Å²) >= 11 is 0. The molecular weight excluding hydrogens is 442 g/mol. The lowest BCUT2D eigenvalue weighted by Gasteiger charge is -2.26. The Morgan fingerprint density at radius 1 is 0.939 bits per heavy atom. The summed E-state index contributed by atoms with van der Waals surface area (Å²) in [6, 6.07) is 10.00. The average molecular weight is 472 g/mol. The summed E-state index contributed by atoms with van der Waals surface area (Å²) in [6.45, 7) is 6.22. The molecule has 2 amide bonds. The van der Waals surface area contributed by atoms with E-state index in [1.54, 1.807) is 36.1 Å². The zero-order valence-electron chi connectivity index (χ0n) is 19.0. The largest absolute Gasteiger partial charge is 0.379 e. The van der Waals surface area contributed by atoms with Gasteiger partial charge < -0.3 is 15.0 Å². The van der Waals surface area contributed by atoms with Crippen molar-refractivity contribution in [2.24, 2.45) is 0 Å². The molecule has 2 aliphatic heterocycles. The third-order valence-corrected chi connectivity index (χ3v) is 8.21. The number of anilines is 1. The maximum Gasteiger partial charge on any atom is 0.255 e. The predicted octanol–water partition coefficient (Wildman–Crippen LogP) is 2.81. The van der Waals surface area contributed by atoms with Crippen LogP contribution in [0.1, 0.15) is 44.7 Å². The van der Waals surface area contributed by atoms with Gasteiger partial charge in [0.1, 0.15) is 0 Å². The van der Waals surface area contributed by atoms with Crippen LogP contribution in [-0.2, 0) is 14.8 Å². The first-order chi connectivity index (χ1) is 15.8. The third kappa shape index (κ3) is 4.80. The number of likely N-dealkylation sites (tertiary alicyclic amines) is 1. The number of sulfonamides is 1. The van der Waals surface area contributed by atoms with Crippen LogP contribution in [0.4, 0.5) is 5.69 Å². The average Bonchev–Trinajstić information content (AvgIpc) is 3.35. The molecule has 8 nitrogen and oxygen atoms in total. The molecule has 0 unspecified atom stereocenters. The fourth-order valence-electron chi connectivity index (χ4n) is 4.23. The highest BCUT2D eigenvalue weighted by Gasteiger charge is 2.29. The Morgan fingerprint density at radius 2 is 1.64 bits per heavy atom. The molecule has 0 spiro atoms. The van der Waals surface area contributed by atoms with Crippen molar-refractivity contribution in [3.63, 3.8) is 0 Å². The van der Waals surface area contributed by atoms with Gasteiger partial charge in [-0.05, 0) is 56.0 Å². The Hall–Kier alpha value is -2.75. The monoisotopic (exact) mass is 471 g/mol. The molecule has 0 saturated carbocycles. The van der Waals surface area contributed by atoms with E-state index in [-0.39, 0.29) is 29.5 Å². The number of nitrogens with one attached hydrogen (secondary N) is 1. The Bertz CT molecular complexity index is 1170. The molecule has 2 aromatic carbocycles. The Labute approximate surface area is 194 Å². The maximum absolute atomic E-state index is 13.2. The number of hydrogen-bond acceptors (Lipinski definition) is 5. The van der Waals surface area contributed by atoms with Gasteiger partial charge in [0.15, 0.2) is 0 Å². The minimum atomic E-state index is -3.75. The highest BCUT2D eigenvalue weighted by molar-refractivity contribution is 7.89. The number of carbonyl (C=O) groups excluding carboxylic acids is 2. The second-order valence-corrected chi connectivity index (χ2v) is 10.4. The summed E-state index contributed by atoms with van der Waals surface area (Å²) < 4.78 is 33.0. The van der Waals surface area contributed by atoms with Gasteiger partial charge in [0, 0.05) is 31.7 Å². The molecule has 0 bridgehead atoms. The summed E-state index contributed by atoms with van der Waals surface area (Å²) in [5.74, 6) is -0.566. The number of rotatable bonds is 5. The topological polar surface area (TPSA) is 96.0 Å². The van der Waals surface area contributed by atoms with Gasteiger partial charge in [0.25, 0.3) is 11.8 Å². The van der Waals surface area contributed by atoms with Crippen LogP contribution in [0, 0.1) is 13.8 Å². The van der Waals surface area contributed by atoms with E-state index in [4.69, 9.17) is 4.74 Å². The first-order valence-electron chi connectivity index (χ1n) is 11.2. The van der Waals surface area contributed by atoms with Crippen LogP contribution in [0.15, 0.2) is 41.3 Å². The van der Waals surface area contributed by atoms with Crippen LogP contribution < -0.4 is 5.32 Å². The molecule has 0 radical (unpaired) electrons. The second kappa shape index (κ2) is 9.62. The minimum absolute atomic E-state index is 0.106. The normalized spacial score (nSPS) is 17.2. The molecule has 0 atom stereocenters. The lowest BCUT2D eigenvalue weighted by atomic mass is 10.1. The summed E-state index contributed by atoms with van der Waals surface area (Å²) in [7, 11) is -3.75. The van der Waals surface area contributed by atoms with Crippen molar-refractivity contribution >= 4 is 27.5 Å². The van der Waals surface area contributed by atoms with E-state index in [1.807, 2.05) is 13.0 Å². The fourth-order valence-corrected chi connectivity index (χ4v) is 5.89. The number of benzene rings is 2. The van der Waals surface area contributed by atoms with E-state index >= 15 is 0 Å². The van der Waals surface area contributed by atoms with Gasteiger partial charge in [-0.25, -0.2) is 8.42 Å². The Kier molecular flexibility index (Phi) is 6.83. The van der Waals surface area contributed by atoms with Crippen LogP contribution in [-0.4, -0.2) is 68.8 Å². The van der Waals surface area contributed by atoms with Crippen molar-refractivity contribution in [1.29, 1.82) is 0 Å². The lowest BCUT2D eigenvalue weighted by molar-refractivity contribution is 0.0730. The van der Waals surface area contributed by atoms with E-state index in [0.717, 1.165) is 18.4 Å². The van der Waals surface area contributed by atoms with Gasteiger partial charge in [0.2, 0.25) is 10.0 Å². The fraction of sp³-hybridized carbons (Fsp3) is 0.417. The predicted molar refractivity (Wildman–Crippen MR) is 125 cm³/mol. The summed E-state index contributed by atoms with van der Waals surface area (Å²) in [4.78, 5) is 28.1. The Balaban J connectivity index is 1.62. The van der Waals surface area contributed by atoms with Gasteiger partial charge in [-0.15, -0.1) is 0 Å². The van der Waals surface area contributed by atoms with Crippen molar-refractivity contribution in [1.82, 2.24) is 9.21 Å². The van der Waals surface area contributed by atoms with E-state index in [9.17, 15) is 18.0 Å². The minimum Gasteiger partial charge on any atom is -0.379 e. The quantitative estimate of drug-likeness (QED) is 0.724. The van der Waals surface area contributed by atoms with E-state index in [1.165, 1.54) is 10.4 Å². The van der Waals surface area contributed by atoms with Crippen molar-refractivity contribution in [2.45, 2.75) is 31.6 Å². The van der Waals surface area contributed by atoms with Gasteiger partial charge in [-0.1, -0.05) is 18.2 Å². The van der Waals surface area contributed by atoms with Crippen molar-refractivity contribution in [3.05, 3.63) is 58.7 Å². The number of morpholine rings is 1. The molecule has 9 heteroatoms. The summed E-state index contributed by atoms with van der Waals surface area (Å²) in [5.41, 5.74) is 2.45. The van der Waals surface area contributed by atoms with Crippen LogP contribution >= 0.6 is 0 Å². The number of hydrogen-bond donors (Lipinski definition) is 1. The van der Waals surface area contributed by atoms with Crippen molar-refractivity contribution in [2.75, 3.05) is 44.7 Å². The molecule has 2 fully saturated rings. The van der Waals surface area contributed by atoms with E-state index in [0.29, 0.717) is 43.1 Å². The number of amides is 2. The zero-order chi connectivity index (χ0) is 23.6. The van der Waals surface area contributed by atoms with Crippen molar-refractivity contribution < 1.29 is 22.7 Å². The molecule has 0 aromatic heterocycles. The highest BCUT2D eigenvalue weighted by atomic mass is 32.2. The molecule has 2 heterocycles. The van der Waals surface area contributed by atoms with Gasteiger partial charge in [0.05, 0.1) is 29.4 Å². The number of nitrogens with zero attached hydrogens (tertiary/aromatic N) is 2. The molecule has 33 heavy (non-hydrogen) atoms. The van der Waals surface area contributed by atoms with E-state index < -0.39 is 15.9 Å².